The Morgan fingerprint density at radius 3 is 2.54 bits per heavy atom. The highest BCUT2D eigenvalue weighted by atomic mass is 79.9. The summed E-state index contributed by atoms with van der Waals surface area (Å²) in [5.41, 5.74) is 0.219. The number of alkyl halides is 1. The fourth-order valence-corrected chi connectivity index (χ4v) is 2.12. The molecule has 1 unspecified atom stereocenters. The molecule has 1 aliphatic rings. The van der Waals surface area contributed by atoms with E-state index >= 15 is 0 Å². The van der Waals surface area contributed by atoms with Crippen LogP contribution in [0.25, 0.3) is 0 Å². The largest absolute Gasteiger partial charge is 0.342 e. The topological polar surface area (TPSA) is 20.3 Å². The number of halogens is 1. The molecule has 0 aromatic rings. The molecule has 1 fully saturated rings. The third kappa shape index (κ3) is 3.29. The molecule has 13 heavy (non-hydrogen) atoms. The molecule has 0 N–H and O–H groups in total. The van der Waals surface area contributed by atoms with Crippen LogP contribution in [0.4, 0.5) is 0 Å². The fourth-order valence-electron chi connectivity index (χ4n) is 1.68. The third-order valence-electron chi connectivity index (χ3n) is 2.18. The highest BCUT2D eigenvalue weighted by Crippen LogP contribution is 2.24. The predicted octanol–water partition coefficient (Wildman–Crippen LogP) is 2.28. The molecule has 1 saturated heterocycles. The lowest BCUT2D eigenvalue weighted by atomic mass is 9.96. The number of amides is 1. The maximum atomic E-state index is 11.5. The van der Waals surface area contributed by atoms with E-state index in [2.05, 4.69) is 36.7 Å². The van der Waals surface area contributed by atoms with Gasteiger partial charge < -0.3 is 4.90 Å². The van der Waals surface area contributed by atoms with Crippen molar-refractivity contribution in [3.8, 4) is 0 Å². The van der Waals surface area contributed by atoms with Gasteiger partial charge in [0, 0.05) is 24.8 Å². The van der Waals surface area contributed by atoms with Crippen molar-refractivity contribution in [1.29, 1.82) is 0 Å². The van der Waals surface area contributed by atoms with Crippen LogP contribution in [0.5, 0.6) is 0 Å². The van der Waals surface area contributed by atoms with Crippen molar-refractivity contribution < 1.29 is 4.79 Å². The van der Waals surface area contributed by atoms with Gasteiger partial charge in [-0.25, -0.2) is 0 Å². The van der Waals surface area contributed by atoms with Crippen LogP contribution in [0.2, 0.25) is 0 Å². The normalized spacial score (nSPS) is 24.2. The molecule has 2 nitrogen and oxygen atoms in total. The zero-order valence-corrected chi connectivity index (χ0v) is 10.2. The van der Waals surface area contributed by atoms with Gasteiger partial charge in [0.25, 0.3) is 0 Å². The molecule has 0 radical (unpaired) electrons. The second-order valence-corrected chi connectivity index (χ2v) is 5.71. The minimum absolute atomic E-state index is 0.219. The first-order valence-corrected chi connectivity index (χ1v) is 5.88. The van der Waals surface area contributed by atoms with Crippen molar-refractivity contribution in [3.05, 3.63) is 0 Å². The SMILES string of the molecule is CC(C)(C)CN1CC(CBr)CC1=O. The van der Waals surface area contributed by atoms with E-state index in [0.717, 1.165) is 24.8 Å². The van der Waals surface area contributed by atoms with Crippen LogP contribution in [-0.4, -0.2) is 29.2 Å². The van der Waals surface area contributed by atoms with E-state index in [4.69, 9.17) is 0 Å². The summed E-state index contributed by atoms with van der Waals surface area (Å²) in [4.78, 5) is 13.5. The van der Waals surface area contributed by atoms with Gasteiger partial charge in [-0.15, -0.1) is 0 Å². The van der Waals surface area contributed by atoms with E-state index in [-0.39, 0.29) is 5.41 Å². The molecule has 1 aliphatic heterocycles. The summed E-state index contributed by atoms with van der Waals surface area (Å²) in [6.45, 7) is 8.32. The summed E-state index contributed by atoms with van der Waals surface area (Å²) in [6, 6.07) is 0. The molecular formula is C10H18BrNO. The Bertz CT molecular complexity index is 198. The Labute approximate surface area is 88.8 Å². The van der Waals surface area contributed by atoms with Crippen molar-refractivity contribution >= 4 is 21.8 Å². The highest BCUT2D eigenvalue weighted by Gasteiger charge is 2.30. The van der Waals surface area contributed by atoms with Crippen molar-refractivity contribution in [2.24, 2.45) is 11.3 Å². The molecule has 0 saturated carbocycles. The highest BCUT2D eigenvalue weighted by molar-refractivity contribution is 9.09. The Hall–Kier alpha value is -0.0500. The number of rotatable bonds is 2. The van der Waals surface area contributed by atoms with E-state index in [0.29, 0.717) is 11.8 Å². The Morgan fingerprint density at radius 1 is 1.54 bits per heavy atom. The van der Waals surface area contributed by atoms with E-state index in [9.17, 15) is 4.79 Å². The van der Waals surface area contributed by atoms with E-state index < -0.39 is 0 Å². The standard InChI is InChI=1S/C10H18BrNO/c1-10(2,3)7-12-6-8(5-11)4-9(12)13/h8H,4-7H2,1-3H3. The summed E-state index contributed by atoms with van der Waals surface area (Å²) in [7, 11) is 0. The molecular weight excluding hydrogens is 230 g/mol. The molecule has 1 amide bonds. The predicted molar refractivity (Wildman–Crippen MR) is 57.9 cm³/mol. The average Bonchev–Trinajstić information content (AvgIpc) is 2.29. The lowest BCUT2D eigenvalue weighted by molar-refractivity contribution is -0.128. The van der Waals surface area contributed by atoms with Crippen LogP contribution in [0.15, 0.2) is 0 Å². The molecule has 0 bridgehead atoms. The van der Waals surface area contributed by atoms with Crippen LogP contribution in [-0.2, 0) is 4.79 Å². The fraction of sp³-hybridized carbons (Fsp3) is 0.900. The number of hydrogen-bond acceptors (Lipinski definition) is 1. The number of carbonyl (C=O) groups excluding carboxylic acids is 1. The molecule has 1 rings (SSSR count). The zero-order valence-electron chi connectivity index (χ0n) is 8.64. The van der Waals surface area contributed by atoms with Crippen molar-refractivity contribution in [2.45, 2.75) is 27.2 Å². The van der Waals surface area contributed by atoms with Gasteiger partial charge in [0.2, 0.25) is 5.91 Å². The van der Waals surface area contributed by atoms with E-state index in [1.807, 2.05) is 4.90 Å². The maximum absolute atomic E-state index is 11.5. The van der Waals surface area contributed by atoms with Crippen LogP contribution in [0.3, 0.4) is 0 Å². The first-order valence-electron chi connectivity index (χ1n) is 4.76. The molecule has 1 atom stereocenters. The third-order valence-corrected chi connectivity index (χ3v) is 3.09. The van der Waals surface area contributed by atoms with Crippen molar-refractivity contribution in [1.82, 2.24) is 4.90 Å². The van der Waals surface area contributed by atoms with Crippen LogP contribution in [0.1, 0.15) is 27.2 Å². The Balaban J connectivity index is 2.49. The number of carbonyl (C=O) groups is 1. The quantitative estimate of drug-likeness (QED) is 0.686. The Morgan fingerprint density at radius 2 is 2.15 bits per heavy atom. The molecule has 76 valence electrons. The monoisotopic (exact) mass is 247 g/mol. The zero-order chi connectivity index (χ0) is 10.1. The van der Waals surface area contributed by atoms with E-state index in [1.54, 1.807) is 0 Å². The molecule has 1 heterocycles. The minimum Gasteiger partial charge on any atom is -0.342 e. The lowest BCUT2D eigenvalue weighted by Gasteiger charge is -2.26. The second-order valence-electron chi connectivity index (χ2n) is 5.06. The van der Waals surface area contributed by atoms with E-state index in [1.165, 1.54) is 0 Å². The van der Waals surface area contributed by atoms with Crippen LogP contribution >= 0.6 is 15.9 Å². The summed E-state index contributed by atoms with van der Waals surface area (Å²) in [5.74, 6) is 0.842. The smallest absolute Gasteiger partial charge is 0.222 e. The van der Waals surface area contributed by atoms with Gasteiger partial charge in [-0.2, -0.15) is 0 Å². The van der Waals surface area contributed by atoms with Gasteiger partial charge in [0.15, 0.2) is 0 Å². The van der Waals surface area contributed by atoms with Crippen LogP contribution in [0, 0.1) is 11.3 Å². The maximum Gasteiger partial charge on any atom is 0.222 e. The summed E-state index contributed by atoms with van der Waals surface area (Å²) in [5, 5.41) is 0.944. The summed E-state index contributed by atoms with van der Waals surface area (Å²) < 4.78 is 0. The Kier molecular flexibility index (Phi) is 3.38. The number of nitrogens with zero attached hydrogens (tertiary/aromatic N) is 1. The van der Waals surface area contributed by atoms with Crippen LogP contribution < -0.4 is 0 Å². The van der Waals surface area contributed by atoms with Gasteiger partial charge in [0.1, 0.15) is 0 Å². The number of likely N-dealkylation sites (tertiary alicyclic amines) is 1. The molecule has 3 heteroatoms. The molecule has 0 aromatic carbocycles. The first kappa shape index (κ1) is 11.0. The lowest BCUT2D eigenvalue weighted by Crippen LogP contribution is -2.33. The first-order chi connectivity index (χ1) is 5.92. The molecule has 0 aliphatic carbocycles. The number of hydrogen-bond donors (Lipinski definition) is 0. The van der Waals surface area contributed by atoms with Gasteiger partial charge in [-0.1, -0.05) is 36.7 Å². The summed E-state index contributed by atoms with van der Waals surface area (Å²) in [6.07, 6.45) is 0.724. The molecule has 0 aromatic heterocycles. The second kappa shape index (κ2) is 3.99. The average molecular weight is 248 g/mol. The molecule has 0 spiro atoms. The van der Waals surface area contributed by atoms with Crippen molar-refractivity contribution in [2.75, 3.05) is 18.4 Å². The minimum atomic E-state index is 0.219. The van der Waals surface area contributed by atoms with Gasteiger partial charge in [-0.05, 0) is 11.3 Å². The van der Waals surface area contributed by atoms with Gasteiger partial charge in [-0.3, -0.25) is 4.79 Å². The van der Waals surface area contributed by atoms with Gasteiger partial charge in [0.05, 0.1) is 0 Å². The summed E-state index contributed by atoms with van der Waals surface area (Å²) >= 11 is 3.43. The van der Waals surface area contributed by atoms with Gasteiger partial charge >= 0.3 is 0 Å². The van der Waals surface area contributed by atoms with Crippen molar-refractivity contribution in [3.63, 3.8) is 0 Å².